The van der Waals surface area contributed by atoms with Gasteiger partial charge in [0.1, 0.15) is 11.6 Å². The van der Waals surface area contributed by atoms with Crippen LogP contribution in [0.2, 0.25) is 5.02 Å². The van der Waals surface area contributed by atoms with Gasteiger partial charge in [0.15, 0.2) is 6.61 Å². The number of halogens is 2. The van der Waals surface area contributed by atoms with E-state index in [1.807, 2.05) is 0 Å². The zero-order valence-electron chi connectivity index (χ0n) is 12.1. The zero-order chi connectivity index (χ0) is 16.6. The van der Waals surface area contributed by atoms with Crippen molar-refractivity contribution in [2.75, 3.05) is 23.9 Å². The van der Waals surface area contributed by atoms with Crippen LogP contribution in [0.5, 0.6) is 5.75 Å². The maximum atomic E-state index is 13.1. The fraction of sp³-hybridized carbons (Fsp3) is 0.125. The molecule has 1 aliphatic heterocycles. The fourth-order valence-electron chi connectivity index (χ4n) is 2.19. The Hall–Kier alpha value is -2.60. The van der Waals surface area contributed by atoms with Crippen molar-refractivity contribution in [1.29, 1.82) is 0 Å². The molecular formula is C16H12ClFN2O3. The van der Waals surface area contributed by atoms with Crippen molar-refractivity contribution in [2.24, 2.45) is 0 Å². The molecule has 0 aromatic heterocycles. The molecule has 1 aliphatic rings. The van der Waals surface area contributed by atoms with Crippen molar-refractivity contribution in [1.82, 2.24) is 0 Å². The van der Waals surface area contributed by atoms with Crippen LogP contribution in [0.1, 0.15) is 10.4 Å². The summed E-state index contributed by atoms with van der Waals surface area (Å²) in [6.45, 7) is -0.0247. The number of carbonyl (C=O) groups is 2. The predicted molar refractivity (Wildman–Crippen MR) is 84.7 cm³/mol. The Morgan fingerprint density at radius 1 is 1.30 bits per heavy atom. The molecule has 23 heavy (non-hydrogen) atoms. The van der Waals surface area contributed by atoms with Gasteiger partial charge in [-0.05, 0) is 36.4 Å². The Morgan fingerprint density at radius 2 is 2.09 bits per heavy atom. The van der Waals surface area contributed by atoms with Crippen molar-refractivity contribution in [3.05, 3.63) is 52.8 Å². The van der Waals surface area contributed by atoms with Gasteiger partial charge in [-0.3, -0.25) is 9.59 Å². The molecule has 2 aromatic rings. The number of ether oxygens (including phenoxy) is 1. The number of benzene rings is 2. The Bertz CT molecular complexity index is 810. The Balaban J connectivity index is 1.85. The van der Waals surface area contributed by atoms with Gasteiger partial charge >= 0.3 is 0 Å². The zero-order valence-corrected chi connectivity index (χ0v) is 12.9. The first-order valence-electron chi connectivity index (χ1n) is 6.75. The minimum Gasteiger partial charge on any atom is -0.482 e. The Kier molecular flexibility index (Phi) is 3.92. The number of nitrogens with one attached hydrogen (secondary N) is 1. The van der Waals surface area contributed by atoms with Gasteiger partial charge in [0, 0.05) is 18.3 Å². The van der Waals surface area contributed by atoms with Crippen LogP contribution in [0, 0.1) is 5.82 Å². The SMILES string of the molecule is CN1C(=O)COc2ccc(C(=O)Nc3ccc(F)c(Cl)c3)cc21. The van der Waals surface area contributed by atoms with Crippen molar-refractivity contribution in [2.45, 2.75) is 0 Å². The number of rotatable bonds is 2. The van der Waals surface area contributed by atoms with Gasteiger partial charge in [-0.2, -0.15) is 0 Å². The quantitative estimate of drug-likeness (QED) is 0.918. The minimum atomic E-state index is -0.560. The van der Waals surface area contributed by atoms with Crippen LogP contribution in [0.25, 0.3) is 0 Å². The molecule has 0 saturated heterocycles. The van der Waals surface area contributed by atoms with E-state index < -0.39 is 11.7 Å². The first-order valence-corrected chi connectivity index (χ1v) is 7.13. The van der Waals surface area contributed by atoms with E-state index in [1.165, 1.54) is 23.1 Å². The van der Waals surface area contributed by atoms with Crippen LogP contribution in [0.15, 0.2) is 36.4 Å². The highest BCUT2D eigenvalue weighted by molar-refractivity contribution is 6.31. The molecule has 0 atom stereocenters. The minimum absolute atomic E-state index is 0.0247. The molecule has 0 saturated carbocycles. The van der Waals surface area contributed by atoms with Crippen molar-refractivity contribution in [3.8, 4) is 5.75 Å². The number of hydrogen-bond donors (Lipinski definition) is 1. The highest BCUT2D eigenvalue weighted by Gasteiger charge is 2.23. The summed E-state index contributed by atoms with van der Waals surface area (Å²) in [4.78, 5) is 25.4. The largest absolute Gasteiger partial charge is 0.482 e. The third-order valence-corrected chi connectivity index (χ3v) is 3.77. The van der Waals surface area contributed by atoms with Gasteiger partial charge in [0.25, 0.3) is 11.8 Å². The number of carbonyl (C=O) groups excluding carboxylic acids is 2. The molecular weight excluding hydrogens is 323 g/mol. The predicted octanol–water partition coefficient (Wildman–Crippen LogP) is 3.09. The average molecular weight is 335 g/mol. The van der Waals surface area contributed by atoms with Crippen molar-refractivity contribution < 1.29 is 18.7 Å². The fourth-order valence-corrected chi connectivity index (χ4v) is 2.37. The molecule has 7 heteroatoms. The number of anilines is 2. The first-order chi connectivity index (χ1) is 11.0. The number of amides is 2. The molecule has 2 amide bonds. The molecule has 118 valence electrons. The maximum absolute atomic E-state index is 13.1. The summed E-state index contributed by atoms with van der Waals surface area (Å²) >= 11 is 5.69. The first kappa shape index (κ1) is 15.3. The molecule has 0 radical (unpaired) electrons. The van der Waals surface area contributed by atoms with E-state index in [2.05, 4.69) is 5.32 Å². The second-order valence-corrected chi connectivity index (χ2v) is 5.41. The van der Waals surface area contributed by atoms with E-state index in [0.29, 0.717) is 22.7 Å². The standard InChI is InChI=1S/C16H12ClFN2O3/c1-20-13-6-9(2-5-14(13)23-8-15(20)21)16(22)19-10-3-4-12(18)11(17)7-10/h2-7H,8H2,1H3,(H,19,22). The topological polar surface area (TPSA) is 58.6 Å². The summed E-state index contributed by atoms with van der Waals surface area (Å²) in [6.07, 6.45) is 0. The van der Waals surface area contributed by atoms with E-state index in [-0.39, 0.29) is 17.5 Å². The molecule has 5 nitrogen and oxygen atoms in total. The normalized spacial score (nSPS) is 13.3. The van der Waals surface area contributed by atoms with Crippen LogP contribution in [-0.2, 0) is 4.79 Å². The number of nitrogens with zero attached hydrogens (tertiary/aromatic N) is 1. The smallest absolute Gasteiger partial charge is 0.264 e. The maximum Gasteiger partial charge on any atom is 0.264 e. The lowest BCUT2D eigenvalue weighted by molar-refractivity contribution is -0.120. The molecule has 3 rings (SSSR count). The van der Waals surface area contributed by atoms with Gasteiger partial charge in [0.05, 0.1) is 10.7 Å². The van der Waals surface area contributed by atoms with Crippen LogP contribution in [0.4, 0.5) is 15.8 Å². The highest BCUT2D eigenvalue weighted by atomic mass is 35.5. The Morgan fingerprint density at radius 3 is 2.83 bits per heavy atom. The Labute approximate surface area is 136 Å². The van der Waals surface area contributed by atoms with Crippen LogP contribution < -0.4 is 15.0 Å². The number of likely N-dealkylation sites (N-methyl/N-ethyl adjacent to an activating group) is 1. The average Bonchev–Trinajstić information content (AvgIpc) is 2.54. The van der Waals surface area contributed by atoms with Crippen molar-refractivity contribution >= 4 is 34.8 Å². The van der Waals surface area contributed by atoms with E-state index >= 15 is 0 Å². The van der Waals surface area contributed by atoms with E-state index in [0.717, 1.165) is 0 Å². The van der Waals surface area contributed by atoms with Gasteiger partial charge < -0.3 is 15.0 Å². The molecule has 0 bridgehead atoms. The lowest BCUT2D eigenvalue weighted by Crippen LogP contribution is -2.35. The third kappa shape index (κ3) is 2.98. The summed E-state index contributed by atoms with van der Waals surface area (Å²) in [5.41, 5.74) is 1.24. The number of fused-ring (bicyclic) bond motifs is 1. The second-order valence-electron chi connectivity index (χ2n) is 5.01. The van der Waals surface area contributed by atoms with Crippen LogP contribution in [0.3, 0.4) is 0 Å². The third-order valence-electron chi connectivity index (χ3n) is 3.49. The molecule has 0 fully saturated rings. The molecule has 0 aliphatic carbocycles. The lowest BCUT2D eigenvalue weighted by Gasteiger charge is -2.26. The molecule has 0 spiro atoms. The summed E-state index contributed by atoms with van der Waals surface area (Å²) in [5, 5.41) is 2.55. The van der Waals surface area contributed by atoms with Gasteiger partial charge in [-0.15, -0.1) is 0 Å². The summed E-state index contributed by atoms with van der Waals surface area (Å²) in [6, 6.07) is 8.69. The van der Waals surface area contributed by atoms with Crippen LogP contribution >= 0.6 is 11.6 Å². The van der Waals surface area contributed by atoms with Crippen LogP contribution in [-0.4, -0.2) is 25.5 Å². The molecule has 1 N–H and O–H groups in total. The molecule has 2 aromatic carbocycles. The summed E-state index contributed by atoms with van der Waals surface area (Å²) in [5.74, 6) is -0.619. The lowest BCUT2D eigenvalue weighted by atomic mass is 10.1. The highest BCUT2D eigenvalue weighted by Crippen LogP contribution is 2.32. The van der Waals surface area contributed by atoms with E-state index in [1.54, 1.807) is 25.2 Å². The number of hydrogen-bond acceptors (Lipinski definition) is 3. The summed E-state index contributed by atoms with van der Waals surface area (Å²) in [7, 11) is 1.62. The van der Waals surface area contributed by atoms with Gasteiger partial charge in [0.2, 0.25) is 0 Å². The molecule has 0 unspecified atom stereocenters. The summed E-state index contributed by atoms with van der Waals surface area (Å²) < 4.78 is 18.4. The van der Waals surface area contributed by atoms with E-state index in [9.17, 15) is 14.0 Å². The second kappa shape index (κ2) is 5.89. The molecule has 1 heterocycles. The van der Waals surface area contributed by atoms with E-state index in [4.69, 9.17) is 16.3 Å². The van der Waals surface area contributed by atoms with Gasteiger partial charge in [-0.25, -0.2) is 4.39 Å². The monoisotopic (exact) mass is 334 g/mol. The van der Waals surface area contributed by atoms with Gasteiger partial charge in [-0.1, -0.05) is 11.6 Å². The van der Waals surface area contributed by atoms with Crippen molar-refractivity contribution in [3.63, 3.8) is 0 Å².